The minimum atomic E-state index is -1.09. The maximum absolute atomic E-state index is 12.8. The number of anilines is 1. The molecule has 1 aliphatic rings. The number of hydrogen-bond acceptors (Lipinski definition) is 5. The molecule has 0 radical (unpaired) electrons. The highest BCUT2D eigenvalue weighted by Crippen LogP contribution is 2.32. The van der Waals surface area contributed by atoms with Crippen LogP contribution in [-0.2, 0) is 6.54 Å². The SMILES string of the molecule is CCN(CC)C(=O)c1ccc(C(c2cccc(NC(=O)O)c2)N2CCN(Cc3cccnc3)CC2)cc1. The van der Waals surface area contributed by atoms with Crippen molar-refractivity contribution in [3.05, 3.63) is 95.3 Å². The van der Waals surface area contributed by atoms with Gasteiger partial charge in [0.05, 0.1) is 6.04 Å². The van der Waals surface area contributed by atoms with Crippen LogP contribution >= 0.6 is 0 Å². The number of benzene rings is 2. The van der Waals surface area contributed by atoms with Crippen LogP contribution in [0.1, 0.15) is 46.9 Å². The second kappa shape index (κ2) is 12.5. The monoisotopic (exact) mass is 501 g/mol. The number of carboxylic acid groups (broad SMARTS) is 1. The Bertz CT molecular complexity index is 1170. The number of rotatable bonds is 9. The van der Waals surface area contributed by atoms with Gasteiger partial charge in [-0.2, -0.15) is 0 Å². The molecule has 37 heavy (non-hydrogen) atoms. The molecule has 1 unspecified atom stereocenters. The summed E-state index contributed by atoms with van der Waals surface area (Å²) >= 11 is 0. The molecule has 3 aromatic rings. The normalized spacial score (nSPS) is 15.2. The molecule has 2 aromatic carbocycles. The number of hydrogen-bond donors (Lipinski definition) is 2. The Morgan fingerprint density at radius 2 is 1.70 bits per heavy atom. The van der Waals surface area contributed by atoms with E-state index in [2.05, 4.69) is 26.2 Å². The lowest BCUT2D eigenvalue weighted by atomic mass is 9.94. The Balaban J connectivity index is 1.57. The highest BCUT2D eigenvalue weighted by atomic mass is 16.4. The van der Waals surface area contributed by atoms with Crippen molar-refractivity contribution in [2.24, 2.45) is 0 Å². The zero-order valence-electron chi connectivity index (χ0n) is 21.5. The predicted octanol–water partition coefficient (Wildman–Crippen LogP) is 4.56. The number of carbonyl (C=O) groups is 2. The van der Waals surface area contributed by atoms with E-state index >= 15 is 0 Å². The third kappa shape index (κ3) is 6.72. The Kier molecular flexibility index (Phi) is 8.87. The second-order valence-electron chi connectivity index (χ2n) is 9.23. The number of amides is 2. The van der Waals surface area contributed by atoms with Crippen LogP contribution < -0.4 is 5.32 Å². The first-order valence-electron chi connectivity index (χ1n) is 12.8. The lowest BCUT2D eigenvalue weighted by molar-refractivity contribution is 0.0772. The summed E-state index contributed by atoms with van der Waals surface area (Å²) in [5.74, 6) is 0.0322. The van der Waals surface area contributed by atoms with Crippen LogP contribution in [0, 0.1) is 0 Å². The molecule has 0 bridgehead atoms. The molecule has 0 spiro atoms. The zero-order chi connectivity index (χ0) is 26.2. The van der Waals surface area contributed by atoms with Crippen LogP contribution in [0.2, 0.25) is 0 Å². The molecular weight excluding hydrogens is 466 g/mol. The van der Waals surface area contributed by atoms with Gasteiger partial charge in [0.2, 0.25) is 0 Å². The van der Waals surface area contributed by atoms with Gasteiger partial charge in [-0.1, -0.05) is 30.3 Å². The molecule has 1 fully saturated rings. The van der Waals surface area contributed by atoms with Crippen molar-refractivity contribution in [1.82, 2.24) is 19.7 Å². The standard InChI is InChI=1S/C29H35N5O3/c1-3-33(4-2)28(35)24-12-10-23(11-13-24)27(25-8-5-9-26(19-25)31-29(36)37)34-17-15-32(16-18-34)21-22-7-6-14-30-20-22/h5-14,19-20,27,31H,3-4,15-18,21H2,1-2H3,(H,36,37). The summed E-state index contributed by atoms with van der Waals surface area (Å²) in [4.78, 5) is 35.0. The highest BCUT2D eigenvalue weighted by Gasteiger charge is 2.27. The number of pyridine rings is 1. The summed E-state index contributed by atoms with van der Waals surface area (Å²) in [6.07, 6.45) is 2.62. The Labute approximate surface area is 218 Å². The predicted molar refractivity (Wildman–Crippen MR) is 145 cm³/mol. The summed E-state index contributed by atoms with van der Waals surface area (Å²) in [7, 11) is 0. The van der Waals surface area contributed by atoms with Gasteiger partial charge in [0.1, 0.15) is 0 Å². The van der Waals surface area contributed by atoms with Crippen molar-refractivity contribution in [2.45, 2.75) is 26.4 Å². The van der Waals surface area contributed by atoms with Crippen molar-refractivity contribution in [3.8, 4) is 0 Å². The first-order chi connectivity index (χ1) is 18.0. The van der Waals surface area contributed by atoms with Crippen molar-refractivity contribution in [1.29, 1.82) is 0 Å². The first-order valence-corrected chi connectivity index (χ1v) is 12.8. The second-order valence-corrected chi connectivity index (χ2v) is 9.23. The van der Waals surface area contributed by atoms with Gasteiger partial charge in [0, 0.05) is 69.5 Å². The van der Waals surface area contributed by atoms with Crippen LogP contribution in [-0.4, -0.2) is 76.1 Å². The van der Waals surface area contributed by atoms with E-state index in [1.807, 2.05) is 73.5 Å². The largest absolute Gasteiger partial charge is 0.465 e. The van der Waals surface area contributed by atoms with E-state index in [0.717, 1.165) is 43.9 Å². The Hall–Kier alpha value is -3.75. The molecule has 1 saturated heterocycles. The third-order valence-corrected chi connectivity index (χ3v) is 6.88. The van der Waals surface area contributed by atoms with E-state index in [1.54, 1.807) is 12.3 Å². The van der Waals surface area contributed by atoms with Gasteiger partial charge in [0.15, 0.2) is 0 Å². The number of nitrogens with one attached hydrogen (secondary N) is 1. The summed E-state index contributed by atoms with van der Waals surface area (Å²) < 4.78 is 0. The van der Waals surface area contributed by atoms with Gasteiger partial charge in [0.25, 0.3) is 5.91 Å². The number of carbonyl (C=O) groups excluding carboxylic acids is 1. The Morgan fingerprint density at radius 3 is 2.32 bits per heavy atom. The van der Waals surface area contributed by atoms with E-state index in [4.69, 9.17) is 0 Å². The van der Waals surface area contributed by atoms with Crippen LogP contribution in [0.25, 0.3) is 0 Å². The fourth-order valence-electron chi connectivity index (χ4n) is 4.95. The number of nitrogens with zero attached hydrogens (tertiary/aromatic N) is 4. The maximum atomic E-state index is 12.8. The van der Waals surface area contributed by atoms with E-state index in [1.165, 1.54) is 5.56 Å². The summed E-state index contributed by atoms with van der Waals surface area (Å²) in [6.45, 7) is 9.73. The van der Waals surface area contributed by atoms with Crippen molar-refractivity contribution >= 4 is 17.7 Å². The van der Waals surface area contributed by atoms with Crippen LogP contribution in [0.15, 0.2) is 73.1 Å². The molecule has 0 saturated carbocycles. The maximum Gasteiger partial charge on any atom is 0.409 e. The molecule has 1 aromatic heterocycles. The summed E-state index contributed by atoms with van der Waals surface area (Å²) in [5, 5.41) is 11.7. The fourth-order valence-corrected chi connectivity index (χ4v) is 4.95. The average molecular weight is 502 g/mol. The van der Waals surface area contributed by atoms with Crippen LogP contribution in [0.4, 0.5) is 10.5 Å². The molecule has 2 amide bonds. The van der Waals surface area contributed by atoms with Crippen LogP contribution in [0.3, 0.4) is 0 Å². The van der Waals surface area contributed by atoms with Gasteiger partial charge in [-0.3, -0.25) is 24.9 Å². The summed E-state index contributed by atoms with van der Waals surface area (Å²) in [5.41, 5.74) is 4.50. The number of piperazine rings is 1. The highest BCUT2D eigenvalue weighted by molar-refractivity contribution is 5.94. The molecule has 8 heteroatoms. The first kappa shape index (κ1) is 26.3. The zero-order valence-corrected chi connectivity index (χ0v) is 21.5. The van der Waals surface area contributed by atoms with E-state index in [0.29, 0.717) is 24.3 Å². The minimum absolute atomic E-state index is 0.0322. The van der Waals surface area contributed by atoms with E-state index in [-0.39, 0.29) is 11.9 Å². The van der Waals surface area contributed by atoms with E-state index < -0.39 is 6.09 Å². The third-order valence-electron chi connectivity index (χ3n) is 6.88. The molecule has 2 heterocycles. The molecule has 2 N–H and O–H groups in total. The lowest BCUT2D eigenvalue weighted by Crippen LogP contribution is -2.47. The fraction of sp³-hybridized carbons (Fsp3) is 0.345. The lowest BCUT2D eigenvalue weighted by Gasteiger charge is -2.40. The number of aromatic nitrogens is 1. The molecular formula is C29H35N5O3. The Morgan fingerprint density at radius 1 is 0.973 bits per heavy atom. The quantitative estimate of drug-likeness (QED) is 0.447. The van der Waals surface area contributed by atoms with Crippen molar-refractivity contribution in [3.63, 3.8) is 0 Å². The van der Waals surface area contributed by atoms with Gasteiger partial charge >= 0.3 is 6.09 Å². The molecule has 1 aliphatic heterocycles. The molecule has 8 nitrogen and oxygen atoms in total. The van der Waals surface area contributed by atoms with Gasteiger partial charge in [-0.05, 0) is 60.9 Å². The van der Waals surface area contributed by atoms with Crippen LogP contribution in [0.5, 0.6) is 0 Å². The average Bonchev–Trinajstić information content (AvgIpc) is 2.91. The topological polar surface area (TPSA) is 89.0 Å². The molecule has 4 rings (SSSR count). The van der Waals surface area contributed by atoms with Crippen molar-refractivity contribution < 1.29 is 14.7 Å². The molecule has 1 atom stereocenters. The van der Waals surface area contributed by atoms with Crippen molar-refractivity contribution in [2.75, 3.05) is 44.6 Å². The molecule has 194 valence electrons. The van der Waals surface area contributed by atoms with Gasteiger partial charge in [-0.25, -0.2) is 4.79 Å². The van der Waals surface area contributed by atoms with Gasteiger partial charge in [-0.15, -0.1) is 0 Å². The van der Waals surface area contributed by atoms with Gasteiger partial charge < -0.3 is 10.0 Å². The molecule has 0 aliphatic carbocycles. The summed E-state index contributed by atoms with van der Waals surface area (Å²) in [6, 6.07) is 19.4. The minimum Gasteiger partial charge on any atom is -0.465 e. The van der Waals surface area contributed by atoms with E-state index in [9.17, 15) is 14.7 Å². The smallest absolute Gasteiger partial charge is 0.409 e.